The number of hydrogen-bond donors (Lipinski definition) is 1. The fraction of sp³-hybridized carbons (Fsp3) is 0.100. The van der Waals surface area contributed by atoms with E-state index in [1.807, 2.05) is 0 Å². The van der Waals surface area contributed by atoms with Crippen molar-refractivity contribution in [3.63, 3.8) is 0 Å². The van der Waals surface area contributed by atoms with Gasteiger partial charge in [0.2, 0.25) is 0 Å². The number of imidazole rings is 1. The minimum absolute atomic E-state index is 0.234. The molecule has 3 nitrogen and oxygen atoms in total. The molecule has 1 aromatic heterocycles. The first-order chi connectivity index (χ1) is 7.20. The lowest BCUT2D eigenvalue weighted by atomic mass is 10.1. The summed E-state index contributed by atoms with van der Waals surface area (Å²) in [6.07, 6.45) is 1.63. The van der Waals surface area contributed by atoms with Gasteiger partial charge in [-0.1, -0.05) is 0 Å². The van der Waals surface area contributed by atoms with Crippen LogP contribution < -0.4 is 4.74 Å². The van der Waals surface area contributed by atoms with Gasteiger partial charge in [0.05, 0.1) is 19.0 Å². The third-order valence-corrected chi connectivity index (χ3v) is 2.41. The van der Waals surface area contributed by atoms with E-state index < -0.39 is 0 Å². The zero-order valence-electron chi connectivity index (χ0n) is 7.92. The maximum Gasteiger partial charge on any atom is 0.174 e. The topological polar surface area (TPSA) is 37.9 Å². The molecule has 1 heterocycles. The molecule has 1 N–H and O–H groups in total. The highest BCUT2D eigenvalue weighted by atomic mass is 79.9. The summed E-state index contributed by atoms with van der Waals surface area (Å²) < 4.78 is 18.8. The monoisotopic (exact) mass is 270 g/mol. The van der Waals surface area contributed by atoms with Gasteiger partial charge in [0, 0.05) is 5.56 Å². The van der Waals surface area contributed by atoms with Gasteiger partial charge in [-0.15, -0.1) is 0 Å². The minimum atomic E-state index is -0.388. The molecule has 0 radical (unpaired) electrons. The normalized spacial score (nSPS) is 10.3. The van der Waals surface area contributed by atoms with Crippen LogP contribution in [0.4, 0.5) is 4.39 Å². The molecule has 0 saturated heterocycles. The maximum absolute atomic E-state index is 13.4. The van der Waals surface area contributed by atoms with Crippen LogP contribution in [0.15, 0.2) is 29.1 Å². The zero-order chi connectivity index (χ0) is 10.8. The number of nitrogens with zero attached hydrogens (tertiary/aromatic N) is 1. The number of H-pyrrole nitrogens is 1. The highest BCUT2D eigenvalue weighted by Crippen LogP contribution is 2.24. The Bertz CT molecular complexity index is 484. The zero-order valence-corrected chi connectivity index (χ0v) is 9.51. The predicted molar refractivity (Wildman–Crippen MR) is 58.2 cm³/mol. The molecule has 0 spiro atoms. The molecule has 0 saturated carbocycles. The first kappa shape index (κ1) is 10.2. The third kappa shape index (κ3) is 2.02. The lowest BCUT2D eigenvalue weighted by Crippen LogP contribution is -1.88. The number of rotatable bonds is 2. The van der Waals surface area contributed by atoms with Crippen molar-refractivity contribution in [2.24, 2.45) is 0 Å². The van der Waals surface area contributed by atoms with Crippen molar-refractivity contribution < 1.29 is 9.13 Å². The summed E-state index contributed by atoms with van der Waals surface area (Å²) in [7, 11) is 1.44. The van der Waals surface area contributed by atoms with Gasteiger partial charge < -0.3 is 9.72 Å². The first-order valence-corrected chi connectivity index (χ1v) is 5.04. The maximum atomic E-state index is 13.4. The minimum Gasteiger partial charge on any atom is -0.494 e. The van der Waals surface area contributed by atoms with E-state index in [0.717, 1.165) is 11.3 Å². The summed E-state index contributed by atoms with van der Waals surface area (Å²) >= 11 is 3.19. The van der Waals surface area contributed by atoms with E-state index in [4.69, 9.17) is 4.74 Å². The second-order valence-electron chi connectivity index (χ2n) is 2.94. The fourth-order valence-electron chi connectivity index (χ4n) is 1.28. The van der Waals surface area contributed by atoms with Crippen molar-refractivity contribution in [2.75, 3.05) is 7.11 Å². The molecule has 0 aliphatic rings. The van der Waals surface area contributed by atoms with Gasteiger partial charge in [0.1, 0.15) is 0 Å². The Balaban J connectivity index is 2.42. The highest BCUT2D eigenvalue weighted by molar-refractivity contribution is 9.10. The average molecular weight is 271 g/mol. The van der Waals surface area contributed by atoms with E-state index in [9.17, 15) is 4.39 Å². The summed E-state index contributed by atoms with van der Waals surface area (Å²) in [5.41, 5.74) is 1.48. The van der Waals surface area contributed by atoms with Gasteiger partial charge in [0.15, 0.2) is 16.3 Å². The summed E-state index contributed by atoms with van der Waals surface area (Å²) in [4.78, 5) is 6.93. The number of benzene rings is 1. The van der Waals surface area contributed by atoms with Gasteiger partial charge in [0.25, 0.3) is 0 Å². The second kappa shape index (κ2) is 4.02. The average Bonchev–Trinajstić information content (AvgIpc) is 2.65. The van der Waals surface area contributed by atoms with Crippen LogP contribution in [-0.4, -0.2) is 17.1 Å². The Morgan fingerprint density at radius 1 is 1.47 bits per heavy atom. The van der Waals surface area contributed by atoms with Crippen LogP contribution in [0.5, 0.6) is 5.75 Å². The van der Waals surface area contributed by atoms with Crippen molar-refractivity contribution in [3.8, 4) is 17.0 Å². The lowest BCUT2D eigenvalue weighted by Gasteiger charge is -2.03. The summed E-state index contributed by atoms with van der Waals surface area (Å²) in [5, 5.41) is 0. The molecule has 0 amide bonds. The van der Waals surface area contributed by atoms with Crippen molar-refractivity contribution in [2.45, 2.75) is 0 Å². The predicted octanol–water partition coefficient (Wildman–Crippen LogP) is 2.99. The molecule has 5 heteroatoms. The molecule has 2 aromatic rings. The van der Waals surface area contributed by atoms with Crippen LogP contribution in [-0.2, 0) is 0 Å². The molecule has 0 fully saturated rings. The smallest absolute Gasteiger partial charge is 0.174 e. The van der Waals surface area contributed by atoms with Crippen LogP contribution in [0.25, 0.3) is 11.3 Å². The second-order valence-corrected chi connectivity index (χ2v) is 3.69. The standard InChI is InChI=1S/C10H8BrFN2O/c1-15-9-3-2-6(4-7(9)12)8-5-13-10(11)14-8/h2-5H,1H3,(H,13,14). The Hall–Kier alpha value is -1.36. The molecule has 0 atom stereocenters. The number of halogens is 2. The van der Waals surface area contributed by atoms with E-state index in [2.05, 4.69) is 25.9 Å². The van der Waals surface area contributed by atoms with Crippen LogP contribution in [0, 0.1) is 5.82 Å². The van der Waals surface area contributed by atoms with Gasteiger partial charge in [-0.25, -0.2) is 9.37 Å². The third-order valence-electron chi connectivity index (χ3n) is 2.01. The lowest BCUT2D eigenvalue weighted by molar-refractivity contribution is 0.386. The molecule has 15 heavy (non-hydrogen) atoms. The molecule has 1 aromatic carbocycles. The number of aromatic amines is 1. The van der Waals surface area contributed by atoms with Gasteiger partial charge >= 0.3 is 0 Å². The Kier molecular flexibility index (Phi) is 2.73. The molecule has 0 aliphatic heterocycles. The quantitative estimate of drug-likeness (QED) is 0.911. The molecule has 2 rings (SSSR count). The van der Waals surface area contributed by atoms with Crippen molar-refractivity contribution in [1.82, 2.24) is 9.97 Å². The van der Waals surface area contributed by atoms with E-state index in [0.29, 0.717) is 4.73 Å². The Morgan fingerprint density at radius 2 is 2.27 bits per heavy atom. The number of methoxy groups -OCH3 is 1. The van der Waals surface area contributed by atoms with Crippen molar-refractivity contribution in [3.05, 3.63) is 34.9 Å². The van der Waals surface area contributed by atoms with Crippen molar-refractivity contribution >= 4 is 15.9 Å². The van der Waals surface area contributed by atoms with Gasteiger partial charge in [-0.3, -0.25) is 0 Å². The highest BCUT2D eigenvalue weighted by Gasteiger charge is 2.06. The first-order valence-electron chi connectivity index (χ1n) is 4.25. The molecular formula is C10H8BrFN2O. The number of hydrogen-bond acceptors (Lipinski definition) is 2. The van der Waals surface area contributed by atoms with Crippen LogP contribution in [0.3, 0.4) is 0 Å². The van der Waals surface area contributed by atoms with E-state index in [-0.39, 0.29) is 11.6 Å². The van der Waals surface area contributed by atoms with E-state index in [1.165, 1.54) is 13.2 Å². The molecular weight excluding hydrogens is 263 g/mol. The summed E-state index contributed by atoms with van der Waals surface area (Å²) in [6, 6.07) is 4.75. The summed E-state index contributed by atoms with van der Waals surface area (Å²) in [5.74, 6) is -0.155. The van der Waals surface area contributed by atoms with E-state index >= 15 is 0 Å². The number of ether oxygens (including phenoxy) is 1. The molecule has 0 unspecified atom stereocenters. The molecule has 0 aliphatic carbocycles. The molecule has 0 bridgehead atoms. The Morgan fingerprint density at radius 3 is 2.80 bits per heavy atom. The summed E-state index contributed by atoms with van der Waals surface area (Å²) in [6.45, 7) is 0. The Labute approximate surface area is 94.4 Å². The number of nitrogens with one attached hydrogen (secondary N) is 1. The number of aromatic nitrogens is 2. The van der Waals surface area contributed by atoms with E-state index in [1.54, 1.807) is 18.3 Å². The van der Waals surface area contributed by atoms with Crippen molar-refractivity contribution in [1.29, 1.82) is 0 Å². The molecule has 78 valence electrons. The fourth-order valence-corrected chi connectivity index (χ4v) is 1.59. The van der Waals surface area contributed by atoms with Crippen LogP contribution in [0.1, 0.15) is 0 Å². The van der Waals surface area contributed by atoms with Crippen LogP contribution >= 0.6 is 15.9 Å². The SMILES string of the molecule is COc1ccc(-c2cnc(Br)[nH]2)cc1F. The van der Waals surface area contributed by atoms with Crippen LogP contribution in [0.2, 0.25) is 0 Å². The van der Waals surface area contributed by atoms with Gasteiger partial charge in [-0.05, 0) is 34.1 Å². The largest absolute Gasteiger partial charge is 0.494 e. The van der Waals surface area contributed by atoms with Gasteiger partial charge in [-0.2, -0.15) is 0 Å².